The largest absolute Gasteiger partial charge is 0.465 e. The van der Waals surface area contributed by atoms with Crippen LogP contribution in [0.4, 0.5) is 5.00 Å². The van der Waals surface area contributed by atoms with E-state index >= 15 is 0 Å². The highest BCUT2D eigenvalue weighted by Crippen LogP contribution is 2.36. The molecule has 19 heavy (non-hydrogen) atoms. The van der Waals surface area contributed by atoms with Crippen molar-refractivity contribution in [3.05, 3.63) is 16.5 Å². The fourth-order valence-corrected chi connectivity index (χ4v) is 3.19. The van der Waals surface area contributed by atoms with E-state index in [9.17, 15) is 9.59 Å². The van der Waals surface area contributed by atoms with Gasteiger partial charge in [-0.15, -0.1) is 23.7 Å². The molecule has 1 aliphatic rings. The van der Waals surface area contributed by atoms with Crippen LogP contribution < -0.4 is 4.90 Å². The molecule has 1 aromatic rings. The molecule has 2 rings (SSSR count). The molecule has 2 heterocycles. The van der Waals surface area contributed by atoms with Gasteiger partial charge in [-0.25, -0.2) is 4.79 Å². The molecule has 1 aliphatic heterocycles. The van der Waals surface area contributed by atoms with Crippen molar-refractivity contribution < 1.29 is 14.3 Å². The Bertz CT molecular complexity index is 556. The Morgan fingerprint density at radius 1 is 1.68 bits per heavy atom. The molecule has 1 saturated heterocycles. The van der Waals surface area contributed by atoms with Gasteiger partial charge in [0.05, 0.1) is 12.7 Å². The summed E-state index contributed by atoms with van der Waals surface area (Å²) in [6.07, 6.45) is 6.53. The van der Waals surface area contributed by atoms with Gasteiger partial charge in [-0.05, 0) is 12.5 Å². The zero-order valence-corrected chi connectivity index (χ0v) is 11.8. The Morgan fingerprint density at radius 2 is 2.42 bits per heavy atom. The Labute approximate surface area is 116 Å². The fourth-order valence-electron chi connectivity index (χ4n) is 2.08. The number of aryl methyl sites for hydroxylation is 1. The van der Waals surface area contributed by atoms with Crippen LogP contribution in [0.15, 0.2) is 6.07 Å². The predicted molar refractivity (Wildman–Crippen MR) is 74.3 cm³/mol. The molecule has 1 atom stereocenters. The zero-order chi connectivity index (χ0) is 14.0. The van der Waals surface area contributed by atoms with E-state index in [1.165, 1.54) is 18.4 Å². The first-order valence-electron chi connectivity index (χ1n) is 6.08. The lowest BCUT2D eigenvalue weighted by molar-refractivity contribution is -0.117. The topological polar surface area (TPSA) is 46.6 Å². The number of esters is 1. The number of terminal acetylenes is 1. The Morgan fingerprint density at radius 3 is 2.95 bits per heavy atom. The number of nitrogens with zero attached hydrogens (tertiary/aromatic N) is 1. The lowest BCUT2D eigenvalue weighted by atomic mass is 10.1. The second-order valence-electron chi connectivity index (χ2n) is 4.35. The lowest BCUT2D eigenvalue weighted by Gasteiger charge is -2.15. The summed E-state index contributed by atoms with van der Waals surface area (Å²) in [5.74, 6) is 2.08. The van der Waals surface area contributed by atoms with Gasteiger partial charge in [-0.3, -0.25) is 4.79 Å². The van der Waals surface area contributed by atoms with E-state index in [1.807, 2.05) is 6.92 Å². The highest BCUT2D eigenvalue weighted by molar-refractivity contribution is 7.16. The summed E-state index contributed by atoms with van der Waals surface area (Å²) >= 11 is 1.45. The average Bonchev–Trinajstić information content (AvgIpc) is 3.00. The van der Waals surface area contributed by atoms with E-state index in [0.29, 0.717) is 23.5 Å². The van der Waals surface area contributed by atoms with Crippen molar-refractivity contribution in [3.63, 3.8) is 0 Å². The number of rotatable bonds is 3. The molecule has 1 aromatic heterocycles. The third-order valence-corrected chi connectivity index (χ3v) is 4.43. The van der Waals surface area contributed by atoms with Gasteiger partial charge in [0.2, 0.25) is 5.91 Å². The Kier molecular flexibility index (Phi) is 3.91. The predicted octanol–water partition coefficient (Wildman–Crippen LogP) is 2.08. The third-order valence-electron chi connectivity index (χ3n) is 3.12. The third kappa shape index (κ3) is 2.49. The van der Waals surface area contributed by atoms with E-state index in [1.54, 1.807) is 11.0 Å². The number of amides is 1. The van der Waals surface area contributed by atoms with Gasteiger partial charge in [-0.2, -0.15) is 0 Å². The Balaban J connectivity index is 2.39. The van der Waals surface area contributed by atoms with E-state index in [2.05, 4.69) is 5.92 Å². The van der Waals surface area contributed by atoms with Crippen LogP contribution in [0, 0.1) is 18.3 Å². The number of methoxy groups -OCH3 is 1. The molecule has 0 saturated carbocycles. The molecule has 0 aliphatic carbocycles. The number of ether oxygens (including phenoxy) is 1. The normalized spacial score (nSPS) is 18.5. The summed E-state index contributed by atoms with van der Waals surface area (Å²) in [4.78, 5) is 26.4. The van der Waals surface area contributed by atoms with Crippen LogP contribution in [0.2, 0.25) is 0 Å². The average molecular weight is 277 g/mol. The van der Waals surface area contributed by atoms with Gasteiger partial charge >= 0.3 is 5.97 Å². The molecule has 4 nitrogen and oxygen atoms in total. The molecule has 1 fully saturated rings. The van der Waals surface area contributed by atoms with Crippen molar-refractivity contribution in [2.45, 2.75) is 19.8 Å². The first-order chi connectivity index (χ1) is 9.10. The quantitative estimate of drug-likeness (QED) is 0.628. The first-order valence-corrected chi connectivity index (χ1v) is 6.89. The highest BCUT2D eigenvalue weighted by atomic mass is 32.1. The number of carbonyl (C=O) groups is 2. The SMILES string of the molecule is C#CC1CC(=O)N(c2sc(CC)cc2C(=O)OC)C1. The first kappa shape index (κ1) is 13.6. The molecule has 5 heteroatoms. The van der Waals surface area contributed by atoms with Crippen molar-refractivity contribution in [1.82, 2.24) is 0 Å². The minimum Gasteiger partial charge on any atom is -0.465 e. The van der Waals surface area contributed by atoms with Crippen molar-refractivity contribution >= 4 is 28.2 Å². The summed E-state index contributed by atoms with van der Waals surface area (Å²) < 4.78 is 4.77. The molecule has 0 bridgehead atoms. The van der Waals surface area contributed by atoms with Gasteiger partial charge in [0, 0.05) is 23.8 Å². The maximum atomic E-state index is 12.0. The monoisotopic (exact) mass is 277 g/mol. The van der Waals surface area contributed by atoms with Gasteiger partial charge in [0.1, 0.15) is 5.00 Å². The molecule has 0 aromatic carbocycles. The van der Waals surface area contributed by atoms with Crippen molar-refractivity contribution in [1.29, 1.82) is 0 Å². The molecule has 1 unspecified atom stereocenters. The van der Waals surface area contributed by atoms with Crippen LogP contribution in [0.3, 0.4) is 0 Å². The molecule has 100 valence electrons. The van der Waals surface area contributed by atoms with Gasteiger partial charge in [-0.1, -0.05) is 6.92 Å². The van der Waals surface area contributed by atoms with Crippen LogP contribution in [0.1, 0.15) is 28.6 Å². The molecular weight excluding hydrogens is 262 g/mol. The van der Waals surface area contributed by atoms with Crippen LogP contribution in [0.25, 0.3) is 0 Å². The van der Waals surface area contributed by atoms with E-state index < -0.39 is 5.97 Å². The summed E-state index contributed by atoms with van der Waals surface area (Å²) in [7, 11) is 1.34. The number of thiophene rings is 1. The summed E-state index contributed by atoms with van der Waals surface area (Å²) in [5, 5.41) is 0.659. The van der Waals surface area contributed by atoms with Crippen molar-refractivity contribution in [2.24, 2.45) is 5.92 Å². The molecular formula is C14H15NO3S. The van der Waals surface area contributed by atoms with E-state index in [4.69, 9.17) is 11.2 Å². The lowest BCUT2D eigenvalue weighted by Crippen LogP contribution is -2.25. The van der Waals surface area contributed by atoms with Gasteiger partial charge in [0.25, 0.3) is 0 Å². The second kappa shape index (κ2) is 5.45. The fraction of sp³-hybridized carbons (Fsp3) is 0.429. The molecule has 0 radical (unpaired) electrons. The standard InChI is InChI=1S/C14H15NO3S/c1-4-9-6-12(16)15(8-9)13-11(14(17)18-3)7-10(5-2)19-13/h1,7,9H,5-6,8H2,2-3H3. The summed E-state index contributed by atoms with van der Waals surface area (Å²) in [6.45, 7) is 2.48. The molecule has 1 amide bonds. The highest BCUT2D eigenvalue weighted by Gasteiger charge is 2.33. The number of anilines is 1. The zero-order valence-electron chi connectivity index (χ0n) is 10.9. The molecule has 0 N–H and O–H groups in total. The van der Waals surface area contributed by atoms with E-state index in [-0.39, 0.29) is 11.8 Å². The van der Waals surface area contributed by atoms with Gasteiger partial charge in [0.15, 0.2) is 0 Å². The minimum absolute atomic E-state index is 0.0300. The smallest absolute Gasteiger partial charge is 0.340 e. The van der Waals surface area contributed by atoms with Crippen LogP contribution in [0.5, 0.6) is 0 Å². The number of hydrogen-bond acceptors (Lipinski definition) is 4. The number of hydrogen-bond donors (Lipinski definition) is 0. The van der Waals surface area contributed by atoms with Crippen molar-refractivity contribution in [3.8, 4) is 12.3 Å². The minimum atomic E-state index is -0.414. The van der Waals surface area contributed by atoms with Gasteiger partial charge < -0.3 is 9.64 Å². The van der Waals surface area contributed by atoms with Crippen LogP contribution in [-0.2, 0) is 16.0 Å². The van der Waals surface area contributed by atoms with Crippen LogP contribution >= 0.6 is 11.3 Å². The number of carbonyl (C=O) groups excluding carboxylic acids is 2. The second-order valence-corrected chi connectivity index (χ2v) is 5.46. The van der Waals surface area contributed by atoms with Crippen molar-refractivity contribution in [2.75, 3.05) is 18.6 Å². The molecule has 0 spiro atoms. The summed E-state index contributed by atoms with van der Waals surface area (Å²) in [6, 6.07) is 1.79. The van der Waals surface area contributed by atoms with Crippen LogP contribution in [-0.4, -0.2) is 25.5 Å². The maximum Gasteiger partial charge on any atom is 0.340 e. The summed E-state index contributed by atoms with van der Waals surface area (Å²) in [5.41, 5.74) is 0.454. The maximum absolute atomic E-state index is 12.0. The van der Waals surface area contributed by atoms with E-state index in [0.717, 1.165) is 11.3 Å². The Hall–Kier alpha value is -1.80.